The summed E-state index contributed by atoms with van der Waals surface area (Å²) in [6.07, 6.45) is 0. The lowest BCUT2D eigenvalue weighted by atomic mass is 10.0. The monoisotopic (exact) mass is 396 g/mol. The van der Waals surface area contributed by atoms with Crippen LogP contribution in [0.25, 0.3) is 11.1 Å². The van der Waals surface area contributed by atoms with Gasteiger partial charge in [0.1, 0.15) is 11.4 Å². The molecular weight excluding hydrogens is 372 g/mol. The Morgan fingerprint density at radius 2 is 1.75 bits per heavy atom. The van der Waals surface area contributed by atoms with E-state index in [2.05, 4.69) is 29.4 Å². The van der Waals surface area contributed by atoms with Gasteiger partial charge < -0.3 is 9.47 Å². The average Bonchev–Trinajstić information content (AvgIpc) is 2.70. The smallest absolute Gasteiger partial charge is 0.278 e. The summed E-state index contributed by atoms with van der Waals surface area (Å²) < 4.78 is 12.1. The summed E-state index contributed by atoms with van der Waals surface area (Å²) in [5.74, 6) is 2.21. The van der Waals surface area contributed by atoms with E-state index in [1.54, 1.807) is 33.0 Å². The van der Waals surface area contributed by atoms with Crippen molar-refractivity contribution in [2.75, 3.05) is 14.2 Å². The highest BCUT2D eigenvalue weighted by molar-refractivity contribution is 7.98. The van der Waals surface area contributed by atoms with Gasteiger partial charge in [-0.25, -0.2) is 4.68 Å². The maximum absolute atomic E-state index is 12.8. The van der Waals surface area contributed by atoms with Gasteiger partial charge in [-0.3, -0.25) is 4.79 Å². The molecule has 5 nitrogen and oxygen atoms in total. The van der Waals surface area contributed by atoms with Crippen molar-refractivity contribution < 1.29 is 9.47 Å². The Morgan fingerprint density at radius 3 is 2.39 bits per heavy atom. The zero-order valence-corrected chi connectivity index (χ0v) is 17.6. The molecule has 0 saturated heterocycles. The van der Waals surface area contributed by atoms with Gasteiger partial charge in [0.05, 0.1) is 19.8 Å². The molecule has 28 heavy (non-hydrogen) atoms. The number of nitrogens with zero attached hydrogens (tertiary/aromatic N) is 2. The Morgan fingerprint density at radius 1 is 1.04 bits per heavy atom. The number of benzene rings is 2. The number of thioether (sulfide) groups is 1. The van der Waals surface area contributed by atoms with Crippen LogP contribution in [-0.2, 0) is 12.8 Å². The highest BCUT2D eigenvalue weighted by Gasteiger charge is 2.18. The molecule has 146 valence electrons. The molecule has 0 aliphatic carbocycles. The molecule has 0 spiro atoms. The maximum atomic E-state index is 12.8. The van der Waals surface area contributed by atoms with E-state index in [4.69, 9.17) is 9.47 Å². The zero-order valence-electron chi connectivity index (χ0n) is 16.8. The number of aryl methyl sites for hydroxylation is 3. The van der Waals surface area contributed by atoms with Crippen molar-refractivity contribution in [3.05, 3.63) is 69.6 Å². The van der Waals surface area contributed by atoms with E-state index >= 15 is 0 Å². The molecule has 1 heterocycles. The first-order chi connectivity index (χ1) is 13.4. The van der Waals surface area contributed by atoms with Crippen molar-refractivity contribution in [1.29, 1.82) is 0 Å². The molecule has 0 amide bonds. The minimum absolute atomic E-state index is 0.164. The Balaban J connectivity index is 1.95. The quantitative estimate of drug-likeness (QED) is 0.579. The number of methoxy groups -OCH3 is 2. The Bertz CT molecular complexity index is 1040. The second-order valence-electron chi connectivity index (χ2n) is 6.54. The van der Waals surface area contributed by atoms with Crippen LogP contribution in [0, 0.1) is 13.8 Å². The fourth-order valence-electron chi connectivity index (χ4n) is 3.09. The maximum Gasteiger partial charge on any atom is 0.278 e. The van der Waals surface area contributed by atoms with Crippen LogP contribution < -0.4 is 15.0 Å². The van der Waals surface area contributed by atoms with Gasteiger partial charge in [0.15, 0.2) is 5.75 Å². The highest BCUT2D eigenvalue weighted by atomic mass is 32.2. The van der Waals surface area contributed by atoms with Gasteiger partial charge in [-0.1, -0.05) is 18.2 Å². The molecule has 0 bridgehead atoms. The van der Waals surface area contributed by atoms with E-state index in [0.29, 0.717) is 17.0 Å². The number of hydrogen-bond donors (Lipinski definition) is 0. The van der Waals surface area contributed by atoms with Gasteiger partial charge in [0.25, 0.3) is 5.56 Å². The van der Waals surface area contributed by atoms with Gasteiger partial charge in [-0.15, -0.1) is 11.8 Å². The van der Waals surface area contributed by atoms with Crippen LogP contribution in [0.1, 0.15) is 16.8 Å². The summed E-state index contributed by atoms with van der Waals surface area (Å²) in [6.45, 7) is 3.85. The molecule has 0 radical (unpaired) electrons. The van der Waals surface area contributed by atoms with Crippen molar-refractivity contribution in [3.63, 3.8) is 0 Å². The SMILES string of the molecule is COc1ccc(CSc2ccc(C)c(-c3c(OC)c(C)nn(C)c3=O)c2)cc1. The van der Waals surface area contributed by atoms with Crippen LogP contribution in [0.4, 0.5) is 0 Å². The lowest BCUT2D eigenvalue weighted by molar-refractivity contribution is 0.405. The first kappa shape index (κ1) is 20.0. The summed E-state index contributed by atoms with van der Waals surface area (Å²) in [7, 11) is 4.90. The number of rotatable bonds is 6. The number of aromatic nitrogens is 2. The third-order valence-electron chi connectivity index (χ3n) is 4.61. The first-order valence-corrected chi connectivity index (χ1v) is 9.91. The number of hydrogen-bond acceptors (Lipinski definition) is 5. The summed E-state index contributed by atoms with van der Waals surface area (Å²) in [5, 5.41) is 4.24. The molecule has 0 fully saturated rings. The minimum Gasteiger partial charge on any atom is -0.497 e. The third kappa shape index (κ3) is 4.07. The molecule has 0 N–H and O–H groups in total. The van der Waals surface area contributed by atoms with Gasteiger partial charge in [-0.2, -0.15) is 5.10 Å². The van der Waals surface area contributed by atoms with Crippen LogP contribution in [0.2, 0.25) is 0 Å². The molecule has 0 aliphatic heterocycles. The fraction of sp³-hybridized carbons (Fsp3) is 0.273. The number of ether oxygens (including phenoxy) is 2. The van der Waals surface area contributed by atoms with E-state index in [9.17, 15) is 4.79 Å². The molecular formula is C22H24N2O3S. The van der Waals surface area contributed by atoms with Gasteiger partial charge in [-0.05, 0) is 54.8 Å². The fourth-order valence-corrected chi connectivity index (χ4v) is 3.98. The lowest BCUT2D eigenvalue weighted by Crippen LogP contribution is -2.23. The lowest BCUT2D eigenvalue weighted by Gasteiger charge is -2.15. The Hall–Kier alpha value is -2.73. The normalized spacial score (nSPS) is 10.8. The molecule has 0 saturated carbocycles. The van der Waals surface area contributed by atoms with E-state index in [1.165, 1.54) is 10.2 Å². The van der Waals surface area contributed by atoms with Crippen molar-refractivity contribution in [2.45, 2.75) is 24.5 Å². The van der Waals surface area contributed by atoms with E-state index in [1.807, 2.05) is 32.0 Å². The molecule has 0 unspecified atom stereocenters. The second kappa shape index (κ2) is 8.52. The topological polar surface area (TPSA) is 53.4 Å². The summed E-state index contributed by atoms with van der Waals surface area (Å²) >= 11 is 1.73. The van der Waals surface area contributed by atoms with E-state index in [-0.39, 0.29) is 5.56 Å². The predicted molar refractivity (Wildman–Crippen MR) is 113 cm³/mol. The van der Waals surface area contributed by atoms with Crippen molar-refractivity contribution in [1.82, 2.24) is 9.78 Å². The Kier molecular flexibility index (Phi) is 6.09. The third-order valence-corrected chi connectivity index (χ3v) is 5.68. The van der Waals surface area contributed by atoms with Crippen LogP contribution in [0.3, 0.4) is 0 Å². The molecule has 3 aromatic rings. The van der Waals surface area contributed by atoms with Crippen molar-refractivity contribution in [3.8, 4) is 22.6 Å². The van der Waals surface area contributed by atoms with Crippen LogP contribution in [0.5, 0.6) is 11.5 Å². The van der Waals surface area contributed by atoms with Gasteiger partial charge in [0, 0.05) is 17.7 Å². The molecule has 2 aromatic carbocycles. The predicted octanol–water partition coefficient (Wildman–Crippen LogP) is 4.37. The zero-order chi connectivity index (χ0) is 20.3. The molecule has 0 aliphatic rings. The molecule has 3 rings (SSSR count). The average molecular weight is 397 g/mol. The van der Waals surface area contributed by atoms with Gasteiger partial charge in [0.2, 0.25) is 0 Å². The largest absolute Gasteiger partial charge is 0.497 e. The minimum atomic E-state index is -0.164. The Labute approximate surface area is 169 Å². The van der Waals surface area contributed by atoms with Gasteiger partial charge >= 0.3 is 0 Å². The van der Waals surface area contributed by atoms with E-state index in [0.717, 1.165) is 27.5 Å². The van der Waals surface area contributed by atoms with Crippen molar-refractivity contribution >= 4 is 11.8 Å². The molecule has 1 aromatic heterocycles. The summed E-state index contributed by atoms with van der Waals surface area (Å²) in [5.41, 5.74) is 4.19. The first-order valence-electron chi connectivity index (χ1n) is 8.93. The van der Waals surface area contributed by atoms with E-state index < -0.39 is 0 Å². The summed E-state index contributed by atoms with van der Waals surface area (Å²) in [6, 6.07) is 14.2. The van der Waals surface area contributed by atoms with Crippen LogP contribution in [-0.4, -0.2) is 24.0 Å². The van der Waals surface area contributed by atoms with Crippen LogP contribution in [0.15, 0.2) is 52.2 Å². The highest BCUT2D eigenvalue weighted by Crippen LogP contribution is 2.34. The molecule has 6 heteroatoms. The van der Waals surface area contributed by atoms with Crippen LogP contribution >= 0.6 is 11.8 Å². The van der Waals surface area contributed by atoms with Crippen molar-refractivity contribution in [2.24, 2.45) is 7.05 Å². The molecule has 0 atom stereocenters. The second-order valence-corrected chi connectivity index (χ2v) is 7.58. The summed E-state index contributed by atoms with van der Waals surface area (Å²) in [4.78, 5) is 13.9. The standard InChI is InChI=1S/C22H24N2O3S/c1-14-6-11-18(28-13-16-7-9-17(26-4)10-8-16)12-19(14)20-21(27-5)15(2)23-24(3)22(20)25/h6-12H,13H2,1-5H3.